The number of carboxylic acids is 1. The largest absolute Gasteiger partial charge is 0.477 e. The molecule has 1 unspecified atom stereocenters. The van der Waals surface area contributed by atoms with Crippen LogP contribution in [0.2, 0.25) is 0 Å². The van der Waals surface area contributed by atoms with E-state index in [1.165, 1.54) is 16.9 Å². The van der Waals surface area contributed by atoms with Crippen LogP contribution < -0.4 is 0 Å². The topological polar surface area (TPSA) is 93.3 Å². The second kappa shape index (κ2) is 6.42. The maximum atomic E-state index is 12.5. The van der Waals surface area contributed by atoms with Gasteiger partial charge in [0, 0.05) is 26.0 Å². The van der Waals surface area contributed by atoms with Gasteiger partial charge in [-0.1, -0.05) is 0 Å². The summed E-state index contributed by atoms with van der Waals surface area (Å²) in [5.74, 6) is -1.32. The van der Waals surface area contributed by atoms with Gasteiger partial charge in [0.2, 0.25) is 5.91 Å². The lowest BCUT2D eigenvalue weighted by atomic mass is 10.2. The van der Waals surface area contributed by atoms with Crippen molar-refractivity contribution in [2.24, 2.45) is 0 Å². The van der Waals surface area contributed by atoms with Crippen LogP contribution >= 0.6 is 0 Å². The lowest BCUT2D eigenvalue weighted by molar-refractivity contribution is -0.133. The second-order valence-corrected chi connectivity index (χ2v) is 4.97. The van der Waals surface area contributed by atoms with Crippen LogP contribution in [0.25, 0.3) is 0 Å². The van der Waals surface area contributed by atoms with Crippen LogP contribution in [0.4, 0.5) is 0 Å². The highest BCUT2D eigenvalue weighted by Crippen LogP contribution is 2.14. The van der Waals surface area contributed by atoms with E-state index in [4.69, 9.17) is 5.11 Å². The SMILES string of the molecule is CCn1nccc1CN(C)C(=O)C(C)n1nccc1C(=O)O. The molecule has 8 heteroatoms. The van der Waals surface area contributed by atoms with Gasteiger partial charge in [-0.05, 0) is 26.0 Å². The van der Waals surface area contributed by atoms with E-state index in [-0.39, 0.29) is 11.6 Å². The number of hydrogen-bond acceptors (Lipinski definition) is 4. The molecule has 2 rings (SSSR count). The van der Waals surface area contributed by atoms with Crippen LogP contribution in [-0.2, 0) is 17.9 Å². The van der Waals surface area contributed by atoms with Crippen molar-refractivity contribution in [3.63, 3.8) is 0 Å². The third-order valence-corrected chi connectivity index (χ3v) is 3.49. The molecule has 0 aliphatic rings. The van der Waals surface area contributed by atoms with Gasteiger partial charge in [-0.2, -0.15) is 10.2 Å². The van der Waals surface area contributed by atoms with Gasteiger partial charge in [0.1, 0.15) is 11.7 Å². The summed E-state index contributed by atoms with van der Waals surface area (Å²) in [6, 6.07) is 2.54. The molecule has 2 heterocycles. The monoisotopic (exact) mass is 305 g/mol. The Balaban J connectivity index is 2.13. The van der Waals surface area contributed by atoms with E-state index >= 15 is 0 Å². The van der Waals surface area contributed by atoms with E-state index in [1.807, 2.05) is 17.7 Å². The number of likely N-dealkylation sites (N-methyl/N-ethyl adjacent to an activating group) is 1. The highest BCUT2D eigenvalue weighted by atomic mass is 16.4. The molecule has 8 nitrogen and oxygen atoms in total. The third kappa shape index (κ3) is 3.00. The number of carbonyl (C=O) groups is 2. The normalized spacial score (nSPS) is 12.1. The Bertz CT molecular complexity index is 676. The predicted molar refractivity (Wildman–Crippen MR) is 78.3 cm³/mol. The average molecular weight is 305 g/mol. The molecular formula is C14H19N5O3. The minimum atomic E-state index is -1.11. The summed E-state index contributed by atoms with van der Waals surface area (Å²) in [6.45, 7) is 4.74. The molecule has 0 aliphatic carbocycles. The number of carboxylic acid groups (broad SMARTS) is 1. The van der Waals surface area contributed by atoms with Crippen LogP contribution in [0.5, 0.6) is 0 Å². The summed E-state index contributed by atoms with van der Waals surface area (Å²) in [7, 11) is 1.68. The highest BCUT2D eigenvalue weighted by Gasteiger charge is 2.24. The van der Waals surface area contributed by atoms with Crippen molar-refractivity contribution in [2.45, 2.75) is 33.0 Å². The number of hydrogen-bond donors (Lipinski definition) is 1. The van der Waals surface area contributed by atoms with Gasteiger partial charge >= 0.3 is 5.97 Å². The Morgan fingerprint density at radius 1 is 1.32 bits per heavy atom. The van der Waals surface area contributed by atoms with Crippen molar-refractivity contribution in [2.75, 3.05) is 7.05 Å². The van der Waals surface area contributed by atoms with Crippen molar-refractivity contribution in [1.82, 2.24) is 24.5 Å². The van der Waals surface area contributed by atoms with Gasteiger partial charge in [0.25, 0.3) is 0 Å². The average Bonchev–Trinajstić information content (AvgIpc) is 3.13. The Morgan fingerprint density at radius 3 is 2.64 bits per heavy atom. The zero-order chi connectivity index (χ0) is 16.3. The van der Waals surface area contributed by atoms with Crippen molar-refractivity contribution in [3.05, 3.63) is 35.9 Å². The fourth-order valence-corrected chi connectivity index (χ4v) is 2.32. The molecule has 1 N–H and O–H groups in total. The van der Waals surface area contributed by atoms with Crippen molar-refractivity contribution >= 4 is 11.9 Å². The Labute approximate surface area is 127 Å². The molecule has 1 amide bonds. The van der Waals surface area contributed by atoms with E-state index in [9.17, 15) is 9.59 Å². The third-order valence-electron chi connectivity index (χ3n) is 3.49. The second-order valence-electron chi connectivity index (χ2n) is 4.97. The molecular weight excluding hydrogens is 286 g/mol. The summed E-state index contributed by atoms with van der Waals surface area (Å²) in [5, 5.41) is 17.2. The molecule has 2 aromatic heterocycles. The zero-order valence-corrected chi connectivity index (χ0v) is 12.8. The predicted octanol–water partition coefficient (Wildman–Crippen LogP) is 1.02. The van der Waals surface area contributed by atoms with E-state index < -0.39 is 12.0 Å². The standard InChI is InChI=1S/C14H19N5O3/c1-4-18-11(5-7-15-18)9-17(3)13(20)10(2)19-12(14(21)22)6-8-16-19/h5-8,10H,4,9H2,1-3H3,(H,21,22). The number of nitrogens with zero attached hydrogens (tertiary/aromatic N) is 5. The first-order valence-electron chi connectivity index (χ1n) is 6.98. The molecule has 0 bridgehead atoms. The lowest BCUT2D eigenvalue weighted by Gasteiger charge is -2.22. The summed E-state index contributed by atoms with van der Waals surface area (Å²) < 4.78 is 3.03. The van der Waals surface area contributed by atoms with Gasteiger partial charge in [0.15, 0.2) is 0 Å². The van der Waals surface area contributed by atoms with Gasteiger partial charge in [-0.3, -0.25) is 9.48 Å². The lowest BCUT2D eigenvalue weighted by Crippen LogP contribution is -2.34. The van der Waals surface area contributed by atoms with Crippen LogP contribution in [0.1, 0.15) is 36.1 Å². The molecule has 1 atom stereocenters. The molecule has 0 saturated heterocycles. The van der Waals surface area contributed by atoms with Crippen LogP contribution in [0.3, 0.4) is 0 Å². The Morgan fingerprint density at radius 2 is 2.00 bits per heavy atom. The molecule has 0 radical (unpaired) electrons. The minimum absolute atomic E-state index is 0.00662. The minimum Gasteiger partial charge on any atom is -0.477 e. The van der Waals surface area contributed by atoms with E-state index in [2.05, 4.69) is 10.2 Å². The van der Waals surface area contributed by atoms with Gasteiger partial charge in [-0.15, -0.1) is 0 Å². The van der Waals surface area contributed by atoms with Crippen LogP contribution in [0, 0.1) is 0 Å². The summed E-state index contributed by atoms with van der Waals surface area (Å²) in [5.41, 5.74) is 0.914. The molecule has 22 heavy (non-hydrogen) atoms. The molecule has 0 aromatic carbocycles. The van der Waals surface area contributed by atoms with E-state index in [0.717, 1.165) is 12.2 Å². The van der Waals surface area contributed by atoms with Crippen LogP contribution in [-0.4, -0.2) is 48.5 Å². The first-order valence-corrected chi connectivity index (χ1v) is 6.98. The molecule has 0 fully saturated rings. The Hall–Kier alpha value is -2.64. The smallest absolute Gasteiger partial charge is 0.354 e. The summed E-state index contributed by atoms with van der Waals surface area (Å²) >= 11 is 0. The van der Waals surface area contributed by atoms with Crippen molar-refractivity contribution in [3.8, 4) is 0 Å². The van der Waals surface area contributed by atoms with Gasteiger partial charge < -0.3 is 10.0 Å². The van der Waals surface area contributed by atoms with E-state index in [1.54, 1.807) is 25.1 Å². The number of aromatic nitrogens is 4. The number of rotatable bonds is 6. The summed E-state index contributed by atoms with van der Waals surface area (Å²) in [6.07, 6.45) is 3.07. The van der Waals surface area contributed by atoms with Crippen molar-refractivity contribution < 1.29 is 14.7 Å². The van der Waals surface area contributed by atoms with Gasteiger partial charge in [0.05, 0.1) is 12.2 Å². The van der Waals surface area contributed by atoms with E-state index in [0.29, 0.717) is 6.54 Å². The first kappa shape index (κ1) is 15.7. The van der Waals surface area contributed by atoms with Gasteiger partial charge in [-0.25, -0.2) is 9.48 Å². The quantitative estimate of drug-likeness (QED) is 0.860. The molecule has 0 aliphatic heterocycles. The fraction of sp³-hybridized carbons (Fsp3) is 0.429. The fourth-order valence-electron chi connectivity index (χ4n) is 2.32. The first-order chi connectivity index (χ1) is 10.5. The zero-order valence-electron chi connectivity index (χ0n) is 12.8. The molecule has 0 spiro atoms. The molecule has 0 saturated carbocycles. The maximum Gasteiger partial charge on any atom is 0.354 e. The Kier molecular flexibility index (Phi) is 4.59. The molecule has 118 valence electrons. The van der Waals surface area contributed by atoms with Crippen LogP contribution in [0.15, 0.2) is 24.5 Å². The summed E-state index contributed by atoms with van der Waals surface area (Å²) in [4.78, 5) is 25.1. The maximum absolute atomic E-state index is 12.5. The van der Waals surface area contributed by atoms with Crippen molar-refractivity contribution in [1.29, 1.82) is 0 Å². The number of amides is 1. The molecule has 2 aromatic rings. The number of aromatic carboxylic acids is 1. The number of aryl methyl sites for hydroxylation is 1. The highest BCUT2D eigenvalue weighted by molar-refractivity contribution is 5.87. The number of carbonyl (C=O) groups excluding carboxylic acids is 1.